The average molecular weight is 403 g/mol. The number of amides is 2. The van der Waals surface area contributed by atoms with E-state index in [1.54, 1.807) is 35.8 Å². The minimum Gasteiger partial charge on any atom is -0.334 e. The van der Waals surface area contributed by atoms with Gasteiger partial charge in [0.25, 0.3) is 5.89 Å². The molecule has 0 radical (unpaired) electrons. The van der Waals surface area contributed by atoms with Crippen LogP contribution in [-0.4, -0.2) is 40.9 Å². The molecule has 0 atom stereocenters. The number of aromatic nitrogens is 2. The van der Waals surface area contributed by atoms with Gasteiger partial charge in [0.2, 0.25) is 0 Å². The molecule has 0 aliphatic rings. The minimum absolute atomic E-state index is 0.185. The lowest BCUT2D eigenvalue weighted by Gasteiger charge is -2.17. The Morgan fingerprint density at radius 3 is 2.78 bits per heavy atom. The Labute approximate surface area is 166 Å². The van der Waals surface area contributed by atoms with Gasteiger partial charge in [0.1, 0.15) is 0 Å². The normalized spacial score (nSPS) is 10.6. The zero-order valence-corrected chi connectivity index (χ0v) is 16.5. The second-order valence-electron chi connectivity index (χ2n) is 5.86. The highest BCUT2D eigenvalue weighted by atomic mass is 35.5. The smallest absolute Gasteiger partial charge is 0.321 e. The molecular formula is C19H19ClN4O2S. The first-order valence-corrected chi connectivity index (χ1v) is 9.90. The molecule has 1 aromatic heterocycles. The number of thioether (sulfide) groups is 1. The summed E-state index contributed by atoms with van der Waals surface area (Å²) in [7, 11) is 1.73. The molecular weight excluding hydrogens is 384 g/mol. The third-order valence-electron chi connectivity index (χ3n) is 3.90. The highest BCUT2D eigenvalue weighted by Crippen LogP contribution is 2.20. The predicted molar refractivity (Wildman–Crippen MR) is 108 cm³/mol. The van der Waals surface area contributed by atoms with Gasteiger partial charge in [-0.3, -0.25) is 0 Å². The Kier molecular flexibility index (Phi) is 6.36. The number of hydrogen-bond acceptors (Lipinski definition) is 5. The van der Waals surface area contributed by atoms with Gasteiger partial charge in [-0.05, 0) is 48.7 Å². The number of anilines is 1. The van der Waals surface area contributed by atoms with E-state index in [0.717, 1.165) is 16.1 Å². The Bertz CT molecular complexity index is 914. The number of nitrogens with one attached hydrogen (secondary N) is 1. The summed E-state index contributed by atoms with van der Waals surface area (Å²) in [6.07, 6.45) is 2.49. The largest absolute Gasteiger partial charge is 0.334 e. The van der Waals surface area contributed by atoms with Gasteiger partial charge in [0.05, 0.1) is 0 Å². The van der Waals surface area contributed by atoms with E-state index in [1.165, 1.54) is 0 Å². The van der Waals surface area contributed by atoms with E-state index in [2.05, 4.69) is 15.5 Å². The molecule has 0 aliphatic heterocycles. The molecule has 0 saturated heterocycles. The van der Waals surface area contributed by atoms with E-state index >= 15 is 0 Å². The molecule has 6 nitrogen and oxygen atoms in total. The quantitative estimate of drug-likeness (QED) is 0.598. The van der Waals surface area contributed by atoms with Gasteiger partial charge in [-0.1, -0.05) is 22.8 Å². The van der Waals surface area contributed by atoms with Crippen molar-refractivity contribution in [1.82, 2.24) is 15.0 Å². The van der Waals surface area contributed by atoms with Crippen molar-refractivity contribution in [2.24, 2.45) is 0 Å². The maximum absolute atomic E-state index is 12.3. The second kappa shape index (κ2) is 8.92. The first kappa shape index (κ1) is 19.3. The van der Waals surface area contributed by atoms with Gasteiger partial charge >= 0.3 is 6.03 Å². The number of hydrogen-bond donors (Lipinski definition) is 1. The summed E-state index contributed by atoms with van der Waals surface area (Å²) in [6, 6.07) is 14.7. The SMILES string of the molecule is CSc1cccc(NC(=O)N(C)CCc2noc(-c3ccc(Cl)cc3)n2)c1. The lowest BCUT2D eigenvalue weighted by molar-refractivity contribution is 0.222. The van der Waals surface area contributed by atoms with Gasteiger partial charge in [-0.25, -0.2) is 4.79 Å². The average Bonchev–Trinajstić information content (AvgIpc) is 3.15. The van der Waals surface area contributed by atoms with Crippen LogP contribution >= 0.6 is 23.4 Å². The standard InChI is InChI=1S/C19H19ClN4O2S/c1-24(19(25)21-15-4-3-5-16(12-15)27-2)11-10-17-22-18(26-23-17)13-6-8-14(20)9-7-13/h3-9,12H,10-11H2,1-2H3,(H,21,25). The maximum Gasteiger partial charge on any atom is 0.321 e. The molecule has 0 bridgehead atoms. The van der Waals surface area contributed by atoms with Crippen LogP contribution < -0.4 is 5.32 Å². The maximum atomic E-state index is 12.3. The van der Waals surface area contributed by atoms with Crippen molar-refractivity contribution in [2.45, 2.75) is 11.3 Å². The fourth-order valence-corrected chi connectivity index (χ4v) is 2.94. The first-order chi connectivity index (χ1) is 13.0. The topological polar surface area (TPSA) is 71.3 Å². The molecule has 1 heterocycles. The number of urea groups is 1. The number of likely N-dealkylation sites (N-methyl/N-ethyl adjacent to an activating group) is 1. The van der Waals surface area contributed by atoms with Crippen molar-refractivity contribution in [3.63, 3.8) is 0 Å². The summed E-state index contributed by atoms with van der Waals surface area (Å²) in [4.78, 5) is 19.4. The monoisotopic (exact) mass is 402 g/mol. The minimum atomic E-state index is -0.185. The summed E-state index contributed by atoms with van der Waals surface area (Å²) in [5, 5.41) is 7.51. The van der Waals surface area contributed by atoms with E-state index < -0.39 is 0 Å². The van der Waals surface area contributed by atoms with Crippen molar-refractivity contribution in [3.8, 4) is 11.5 Å². The number of nitrogens with zero attached hydrogens (tertiary/aromatic N) is 3. The fraction of sp³-hybridized carbons (Fsp3) is 0.211. The number of halogens is 1. The Morgan fingerprint density at radius 1 is 1.26 bits per heavy atom. The number of benzene rings is 2. The van der Waals surface area contributed by atoms with Crippen molar-refractivity contribution < 1.29 is 9.32 Å². The molecule has 27 heavy (non-hydrogen) atoms. The third kappa shape index (κ3) is 5.24. The van der Waals surface area contributed by atoms with Crippen molar-refractivity contribution in [3.05, 3.63) is 59.4 Å². The van der Waals surface area contributed by atoms with Crippen molar-refractivity contribution in [1.29, 1.82) is 0 Å². The van der Waals surface area contributed by atoms with Crippen molar-refractivity contribution >= 4 is 35.1 Å². The molecule has 0 fully saturated rings. The van der Waals surface area contributed by atoms with E-state index in [0.29, 0.717) is 29.7 Å². The molecule has 1 N–H and O–H groups in total. The van der Waals surface area contributed by atoms with Gasteiger partial charge < -0.3 is 14.7 Å². The molecule has 3 rings (SSSR count). The molecule has 8 heteroatoms. The second-order valence-corrected chi connectivity index (χ2v) is 7.17. The van der Waals surface area contributed by atoms with Gasteiger partial charge in [-0.15, -0.1) is 11.8 Å². The zero-order valence-electron chi connectivity index (χ0n) is 15.0. The van der Waals surface area contributed by atoms with Crippen LogP contribution in [-0.2, 0) is 6.42 Å². The lowest BCUT2D eigenvalue weighted by Crippen LogP contribution is -2.33. The lowest BCUT2D eigenvalue weighted by atomic mass is 10.2. The van der Waals surface area contributed by atoms with Crippen LogP contribution in [0.5, 0.6) is 0 Å². The summed E-state index contributed by atoms with van der Waals surface area (Å²) >= 11 is 7.51. The zero-order chi connectivity index (χ0) is 19.2. The molecule has 2 aromatic carbocycles. The summed E-state index contributed by atoms with van der Waals surface area (Å²) in [6.45, 7) is 0.466. The molecule has 3 aromatic rings. The molecule has 0 unspecified atom stereocenters. The van der Waals surface area contributed by atoms with E-state index in [1.807, 2.05) is 42.7 Å². The van der Waals surface area contributed by atoms with E-state index in [-0.39, 0.29) is 6.03 Å². The highest BCUT2D eigenvalue weighted by Gasteiger charge is 2.13. The van der Waals surface area contributed by atoms with Crippen LogP contribution in [0.25, 0.3) is 11.5 Å². The summed E-state index contributed by atoms with van der Waals surface area (Å²) < 4.78 is 5.28. The van der Waals surface area contributed by atoms with Gasteiger partial charge in [0.15, 0.2) is 5.82 Å². The van der Waals surface area contributed by atoms with E-state index in [9.17, 15) is 4.79 Å². The van der Waals surface area contributed by atoms with Crippen LogP contribution in [0.15, 0.2) is 57.9 Å². The van der Waals surface area contributed by atoms with Crippen LogP contribution in [0.4, 0.5) is 10.5 Å². The molecule has 2 amide bonds. The summed E-state index contributed by atoms with van der Waals surface area (Å²) in [5.41, 5.74) is 1.57. The van der Waals surface area contributed by atoms with Crippen LogP contribution in [0.1, 0.15) is 5.82 Å². The molecule has 0 saturated carbocycles. The van der Waals surface area contributed by atoms with Gasteiger partial charge in [-0.2, -0.15) is 4.98 Å². The first-order valence-electron chi connectivity index (χ1n) is 8.30. The molecule has 0 spiro atoms. The predicted octanol–water partition coefficient (Wildman–Crippen LogP) is 4.82. The van der Waals surface area contributed by atoms with Crippen molar-refractivity contribution in [2.75, 3.05) is 25.2 Å². The Morgan fingerprint density at radius 2 is 2.04 bits per heavy atom. The Hall–Kier alpha value is -2.51. The summed E-state index contributed by atoms with van der Waals surface area (Å²) in [5.74, 6) is 0.978. The number of carbonyl (C=O) groups excluding carboxylic acids is 1. The number of rotatable bonds is 6. The Balaban J connectivity index is 1.54. The molecule has 140 valence electrons. The third-order valence-corrected chi connectivity index (χ3v) is 4.88. The van der Waals surface area contributed by atoms with Crippen LogP contribution in [0, 0.1) is 0 Å². The highest BCUT2D eigenvalue weighted by molar-refractivity contribution is 7.98. The van der Waals surface area contributed by atoms with E-state index in [4.69, 9.17) is 16.1 Å². The van der Waals surface area contributed by atoms with Gasteiger partial charge in [0, 0.05) is 41.2 Å². The van der Waals surface area contributed by atoms with Crippen LogP contribution in [0.2, 0.25) is 5.02 Å². The molecule has 0 aliphatic carbocycles. The fourth-order valence-electron chi connectivity index (χ4n) is 2.35. The number of carbonyl (C=O) groups is 1. The van der Waals surface area contributed by atoms with Crippen LogP contribution in [0.3, 0.4) is 0 Å².